The van der Waals surface area contributed by atoms with Crippen molar-refractivity contribution in [1.29, 1.82) is 5.26 Å². The van der Waals surface area contributed by atoms with Gasteiger partial charge in [0.05, 0.1) is 12.3 Å². The lowest BCUT2D eigenvalue weighted by molar-refractivity contribution is -0.120. The number of nitriles is 1. The maximum Gasteiger partial charge on any atom is 0.254 e. The van der Waals surface area contributed by atoms with E-state index in [1.54, 1.807) is 36.4 Å². The fourth-order valence-corrected chi connectivity index (χ4v) is 1.19. The normalized spacial score (nSPS) is 10.5. The number of halogens is 1. The van der Waals surface area contributed by atoms with Crippen LogP contribution in [0.3, 0.4) is 0 Å². The van der Waals surface area contributed by atoms with Crippen molar-refractivity contribution in [2.75, 3.05) is 6.61 Å². The first kappa shape index (κ1) is 14.7. The zero-order valence-electron chi connectivity index (χ0n) is 10.0. The van der Waals surface area contributed by atoms with Crippen molar-refractivity contribution in [1.82, 2.24) is 5.43 Å². The Morgan fingerprint density at radius 1 is 1.47 bits per heavy atom. The summed E-state index contributed by atoms with van der Waals surface area (Å²) >= 11 is 5.37. The average Bonchev–Trinajstić information content (AvgIpc) is 2.41. The number of carbonyl (C=O) groups excluding carboxylic acids is 1. The zero-order chi connectivity index (χ0) is 13.9. The maximum atomic E-state index is 10.9. The third kappa shape index (κ3) is 6.24. The second-order valence-electron chi connectivity index (χ2n) is 3.37. The molecule has 0 saturated carbocycles. The van der Waals surface area contributed by atoms with Gasteiger partial charge in [0, 0.05) is 5.54 Å². The summed E-state index contributed by atoms with van der Waals surface area (Å²) in [5.74, 6) is 0.270. The highest BCUT2D eigenvalue weighted by atomic mass is 35.5. The van der Waals surface area contributed by atoms with Gasteiger partial charge in [0.1, 0.15) is 18.8 Å². The summed E-state index contributed by atoms with van der Waals surface area (Å²) in [6.07, 6.45) is 2.96. The minimum Gasteiger partial charge on any atom is -0.490 e. The maximum absolute atomic E-state index is 10.9. The molecule has 0 aliphatic carbocycles. The number of ether oxygens (including phenoxy) is 1. The van der Waals surface area contributed by atoms with Crippen molar-refractivity contribution in [3.63, 3.8) is 0 Å². The first-order valence-corrected chi connectivity index (χ1v) is 5.87. The van der Waals surface area contributed by atoms with Crippen molar-refractivity contribution in [2.45, 2.75) is 6.42 Å². The van der Waals surface area contributed by atoms with Crippen molar-refractivity contribution in [3.8, 4) is 11.8 Å². The molecule has 1 rings (SSSR count). The van der Waals surface area contributed by atoms with Crippen LogP contribution in [0, 0.1) is 11.3 Å². The first-order chi connectivity index (χ1) is 9.26. The molecule has 0 radical (unpaired) electrons. The van der Waals surface area contributed by atoms with E-state index in [2.05, 4.69) is 10.5 Å². The highest BCUT2D eigenvalue weighted by Gasteiger charge is 1.96. The Balaban J connectivity index is 2.45. The SMILES string of the molecule is N#CCC(=O)N/N=C\c1ccc(OC/C=C/Cl)cc1. The minimum absolute atomic E-state index is 0.210. The smallest absolute Gasteiger partial charge is 0.254 e. The number of amides is 1. The van der Waals surface area contributed by atoms with E-state index in [1.807, 2.05) is 0 Å². The largest absolute Gasteiger partial charge is 0.490 e. The Bertz CT molecular complexity index is 504. The molecule has 0 fully saturated rings. The van der Waals surface area contributed by atoms with Crippen LogP contribution in [0.25, 0.3) is 0 Å². The Morgan fingerprint density at radius 2 is 2.21 bits per heavy atom. The molecular formula is C13H12ClN3O2. The Kier molecular flexibility index (Phi) is 6.77. The molecule has 0 atom stereocenters. The van der Waals surface area contributed by atoms with Gasteiger partial charge in [-0.25, -0.2) is 5.43 Å². The van der Waals surface area contributed by atoms with E-state index in [0.29, 0.717) is 12.4 Å². The van der Waals surface area contributed by atoms with Gasteiger partial charge < -0.3 is 4.74 Å². The third-order valence-corrected chi connectivity index (χ3v) is 2.14. The monoisotopic (exact) mass is 277 g/mol. The highest BCUT2D eigenvalue weighted by molar-refractivity contribution is 6.25. The molecule has 1 N–H and O–H groups in total. The molecule has 0 saturated heterocycles. The molecule has 0 spiro atoms. The van der Waals surface area contributed by atoms with Crippen molar-refractivity contribution in [2.24, 2.45) is 5.10 Å². The Labute approximate surface area is 116 Å². The van der Waals surface area contributed by atoms with Gasteiger partial charge in [-0.15, -0.1) is 0 Å². The van der Waals surface area contributed by atoms with Crippen LogP contribution >= 0.6 is 11.6 Å². The van der Waals surface area contributed by atoms with Gasteiger partial charge in [0.15, 0.2) is 0 Å². The molecule has 0 unspecified atom stereocenters. The molecule has 0 aliphatic heterocycles. The highest BCUT2D eigenvalue weighted by Crippen LogP contribution is 2.10. The van der Waals surface area contributed by atoms with Crippen molar-refractivity contribution >= 4 is 23.7 Å². The van der Waals surface area contributed by atoms with E-state index in [0.717, 1.165) is 5.56 Å². The summed E-state index contributed by atoms with van der Waals surface area (Å²) in [6, 6.07) is 8.87. The molecule has 0 bridgehead atoms. The topological polar surface area (TPSA) is 74.5 Å². The fraction of sp³-hybridized carbons (Fsp3) is 0.154. The molecule has 0 aliphatic rings. The number of hydrazone groups is 1. The van der Waals surface area contributed by atoms with E-state index in [1.165, 1.54) is 11.7 Å². The number of carbonyl (C=O) groups is 1. The Hall–Kier alpha value is -2.32. The standard InChI is InChI=1S/C13H12ClN3O2/c14-7-1-9-19-12-4-2-11(3-5-12)10-16-17-13(18)6-8-15/h1-5,7,10H,6,9H2,(H,17,18)/b7-1+,16-10-. The van der Waals surface area contributed by atoms with Gasteiger partial charge in [-0.2, -0.15) is 10.4 Å². The third-order valence-electron chi connectivity index (χ3n) is 1.96. The molecule has 1 amide bonds. The summed E-state index contributed by atoms with van der Waals surface area (Å²) in [4.78, 5) is 10.9. The fourth-order valence-electron chi connectivity index (χ4n) is 1.12. The van der Waals surface area contributed by atoms with Gasteiger partial charge in [-0.1, -0.05) is 11.6 Å². The molecule has 1 aromatic carbocycles. The number of nitrogens with zero attached hydrogens (tertiary/aromatic N) is 2. The molecule has 0 aromatic heterocycles. The number of hydrogen-bond acceptors (Lipinski definition) is 4. The summed E-state index contributed by atoms with van der Waals surface area (Å²) in [5, 5.41) is 12.0. The lowest BCUT2D eigenvalue weighted by Crippen LogP contribution is -2.16. The zero-order valence-corrected chi connectivity index (χ0v) is 10.8. The van der Waals surface area contributed by atoms with Crippen LogP contribution in [-0.4, -0.2) is 18.7 Å². The van der Waals surface area contributed by atoms with E-state index in [4.69, 9.17) is 21.6 Å². The number of benzene rings is 1. The second-order valence-corrected chi connectivity index (χ2v) is 3.62. The molecule has 98 valence electrons. The number of nitrogens with one attached hydrogen (secondary N) is 1. The van der Waals surface area contributed by atoms with Gasteiger partial charge >= 0.3 is 0 Å². The van der Waals surface area contributed by atoms with Crippen LogP contribution < -0.4 is 10.2 Å². The predicted molar refractivity (Wildman–Crippen MR) is 72.9 cm³/mol. The molecular weight excluding hydrogens is 266 g/mol. The molecule has 1 aromatic rings. The molecule has 19 heavy (non-hydrogen) atoms. The minimum atomic E-state index is -0.438. The van der Waals surface area contributed by atoms with E-state index in [9.17, 15) is 4.79 Å². The van der Waals surface area contributed by atoms with Crippen LogP contribution in [0.4, 0.5) is 0 Å². The van der Waals surface area contributed by atoms with Gasteiger partial charge in [-0.05, 0) is 35.9 Å². The number of hydrogen-bond donors (Lipinski definition) is 1. The van der Waals surface area contributed by atoms with Crippen LogP contribution in [0.1, 0.15) is 12.0 Å². The molecule has 0 heterocycles. The van der Waals surface area contributed by atoms with Gasteiger partial charge in [0.2, 0.25) is 0 Å². The first-order valence-electron chi connectivity index (χ1n) is 5.43. The average molecular weight is 278 g/mol. The van der Waals surface area contributed by atoms with E-state index in [-0.39, 0.29) is 6.42 Å². The van der Waals surface area contributed by atoms with Crippen LogP contribution in [0.15, 0.2) is 41.0 Å². The van der Waals surface area contributed by atoms with Crippen LogP contribution in [0.5, 0.6) is 5.75 Å². The summed E-state index contributed by atoms with van der Waals surface area (Å²) < 4.78 is 5.35. The van der Waals surface area contributed by atoms with Gasteiger partial charge in [-0.3, -0.25) is 4.79 Å². The van der Waals surface area contributed by atoms with Crippen LogP contribution in [-0.2, 0) is 4.79 Å². The predicted octanol–water partition coefficient (Wildman–Crippen LogP) is 2.18. The summed E-state index contributed by atoms with van der Waals surface area (Å²) in [6.45, 7) is 0.404. The van der Waals surface area contributed by atoms with Gasteiger partial charge in [0.25, 0.3) is 5.91 Å². The molecule has 6 heteroatoms. The van der Waals surface area contributed by atoms with Crippen molar-refractivity contribution < 1.29 is 9.53 Å². The number of rotatable bonds is 6. The lowest BCUT2D eigenvalue weighted by atomic mass is 10.2. The Morgan fingerprint density at radius 3 is 2.84 bits per heavy atom. The lowest BCUT2D eigenvalue weighted by Gasteiger charge is -2.02. The summed E-state index contributed by atoms with van der Waals surface area (Å²) in [7, 11) is 0. The van der Waals surface area contributed by atoms with Crippen molar-refractivity contribution in [3.05, 3.63) is 41.4 Å². The van der Waals surface area contributed by atoms with Crippen LogP contribution in [0.2, 0.25) is 0 Å². The summed E-state index contributed by atoms with van der Waals surface area (Å²) in [5.41, 5.74) is 4.44. The van der Waals surface area contributed by atoms with E-state index < -0.39 is 5.91 Å². The second kappa shape index (κ2) is 8.72. The quantitative estimate of drug-likeness (QED) is 0.640. The van der Waals surface area contributed by atoms with E-state index >= 15 is 0 Å². The molecule has 5 nitrogen and oxygen atoms in total.